The van der Waals surface area contributed by atoms with E-state index < -0.39 is 0 Å². The molecule has 3 nitrogen and oxygen atoms in total. The minimum absolute atomic E-state index is 0.181. The third-order valence-corrected chi connectivity index (χ3v) is 6.50. The molecule has 0 N–H and O–H groups in total. The minimum atomic E-state index is -0.181. The molecular weight excluding hydrogens is 346 g/mol. The Morgan fingerprint density at radius 3 is 2.36 bits per heavy atom. The average molecular weight is 378 g/mol. The molecule has 3 heteroatoms. The summed E-state index contributed by atoms with van der Waals surface area (Å²) in [6.45, 7) is 3.43. The van der Waals surface area contributed by atoms with Crippen LogP contribution in [-0.4, -0.2) is 31.1 Å². The molecule has 1 heterocycles. The van der Waals surface area contributed by atoms with Crippen molar-refractivity contribution < 1.29 is 9.53 Å². The van der Waals surface area contributed by atoms with Crippen LogP contribution in [0.5, 0.6) is 0 Å². The first kappa shape index (κ1) is 19.2. The largest absolute Gasteiger partial charge is 0.469 e. The van der Waals surface area contributed by atoms with E-state index in [2.05, 4.69) is 59.5 Å². The Bertz CT molecular complexity index is 763. The Morgan fingerprint density at radius 2 is 1.68 bits per heavy atom. The Hall–Kier alpha value is -2.13. The van der Waals surface area contributed by atoms with Crippen LogP contribution < -0.4 is 0 Å². The summed E-state index contributed by atoms with van der Waals surface area (Å²) in [5, 5.41) is 0. The van der Waals surface area contributed by atoms with E-state index in [0.29, 0.717) is 6.42 Å². The SMILES string of the molecule is COC(=O)Cc1ccc(CN2CCC(C[C@@H]3C[C@H]3c3ccccc3)CC2)cc1. The van der Waals surface area contributed by atoms with Crippen molar-refractivity contribution in [3.63, 3.8) is 0 Å². The monoisotopic (exact) mass is 377 g/mol. The number of ether oxygens (including phenoxy) is 1. The van der Waals surface area contributed by atoms with Crippen LogP contribution in [-0.2, 0) is 22.5 Å². The highest BCUT2D eigenvalue weighted by Crippen LogP contribution is 2.51. The van der Waals surface area contributed by atoms with E-state index in [1.807, 2.05) is 0 Å². The molecule has 2 aliphatic rings. The highest BCUT2D eigenvalue weighted by atomic mass is 16.5. The first-order chi connectivity index (χ1) is 13.7. The molecule has 28 heavy (non-hydrogen) atoms. The number of nitrogens with zero attached hydrogens (tertiary/aromatic N) is 1. The summed E-state index contributed by atoms with van der Waals surface area (Å²) in [6, 6.07) is 19.5. The molecule has 1 saturated carbocycles. The molecule has 1 aliphatic carbocycles. The third-order valence-electron chi connectivity index (χ3n) is 6.50. The summed E-state index contributed by atoms with van der Waals surface area (Å²) < 4.78 is 4.73. The zero-order valence-electron chi connectivity index (χ0n) is 16.8. The minimum Gasteiger partial charge on any atom is -0.469 e. The number of hydrogen-bond acceptors (Lipinski definition) is 3. The normalized spacial score (nSPS) is 22.8. The van der Waals surface area contributed by atoms with Gasteiger partial charge in [-0.25, -0.2) is 0 Å². The van der Waals surface area contributed by atoms with Gasteiger partial charge in [0.25, 0.3) is 0 Å². The van der Waals surface area contributed by atoms with Crippen LogP contribution in [0.25, 0.3) is 0 Å². The lowest BCUT2D eigenvalue weighted by Gasteiger charge is -2.32. The number of benzene rings is 2. The lowest BCUT2D eigenvalue weighted by molar-refractivity contribution is -0.139. The maximum Gasteiger partial charge on any atom is 0.309 e. The molecule has 1 saturated heterocycles. The summed E-state index contributed by atoms with van der Waals surface area (Å²) in [5.41, 5.74) is 3.89. The predicted molar refractivity (Wildman–Crippen MR) is 112 cm³/mol. The van der Waals surface area contributed by atoms with E-state index in [4.69, 9.17) is 4.74 Å². The standard InChI is InChI=1S/C25H31NO2/c1-28-25(27)16-19-7-9-21(10-8-19)18-26-13-11-20(12-14-26)15-23-17-24(23)22-5-3-2-4-6-22/h2-10,20,23-24H,11-18H2,1H3/t23-,24+/m1/s1. The molecule has 0 amide bonds. The Balaban J connectivity index is 1.19. The van der Waals surface area contributed by atoms with Crippen LogP contribution in [0, 0.1) is 11.8 Å². The molecule has 0 aromatic heterocycles. The molecule has 0 spiro atoms. The Labute approximate surface area is 168 Å². The zero-order valence-corrected chi connectivity index (χ0v) is 16.8. The fourth-order valence-corrected chi connectivity index (χ4v) is 4.68. The zero-order chi connectivity index (χ0) is 19.3. The molecule has 4 rings (SSSR count). The summed E-state index contributed by atoms with van der Waals surface area (Å²) in [4.78, 5) is 13.9. The van der Waals surface area contributed by atoms with Crippen LogP contribution in [0.3, 0.4) is 0 Å². The summed E-state index contributed by atoms with van der Waals surface area (Å²) in [7, 11) is 1.44. The van der Waals surface area contributed by atoms with Gasteiger partial charge in [0, 0.05) is 6.54 Å². The summed E-state index contributed by atoms with van der Waals surface area (Å²) in [6.07, 6.45) is 5.82. The van der Waals surface area contributed by atoms with Gasteiger partial charge in [-0.3, -0.25) is 9.69 Å². The van der Waals surface area contributed by atoms with Gasteiger partial charge >= 0.3 is 5.97 Å². The van der Waals surface area contributed by atoms with E-state index in [0.717, 1.165) is 29.9 Å². The van der Waals surface area contributed by atoms with E-state index in [1.54, 1.807) is 5.56 Å². The van der Waals surface area contributed by atoms with Crippen molar-refractivity contribution in [1.82, 2.24) is 4.90 Å². The Morgan fingerprint density at radius 1 is 1.00 bits per heavy atom. The first-order valence-electron chi connectivity index (χ1n) is 10.6. The molecule has 2 aromatic carbocycles. The van der Waals surface area contributed by atoms with Gasteiger partial charge < -0.3 is 4.74 Å². The van der Waals surface area contributed by atoms with E-state index in [-0.39, 0.29) is 5.97 Å². The second-order valence-electron chi connectivity index (χ2n) is 8.54. The molecule has 2 fully saturated rings. The van der Waals surface area contributed by atoms with Gasteiger partial charge in [-0.1, -0.05) is 54.6 Å². The van der Waals surface area contributed by atoms with Crippen LogP contribution in [0.2, 0.25) is 0 Å². The molecule has 148 valence electrons. The van der Waals surface area contributed by atoms with Gasteiger partial charge in [0.2, 0.25) is 0 Å². The van der Waals surface area contributed by atoms with Crippen LogP contribution in [0.1, 0.15) is 48.3 Å². The molecule has 2 atom stereocenters. The smallest absolute Gasteiger partial charge is 0.309 e. The number of piperidine rings is 1. The number of carbonyl (C=O) groups is 1. The fourth-order valence-electron chi connectivity index (χ4n) is 4.68. The summed E-state index contributed by atoms with van der Waals surface area (Å²) >= 11 is 0. The van der Waals surface area contributed by atoms with Crippen molar-refractivity contribution in [1.29, 1.82) is 0 Å². The van der Waals surface area contributed by atoms with Gasteiger partial charge in [-0.15, -0.1) is 0 Å². The summed E-state index contributed by atoms with van der Waals surface area (Å²) in [5.74, 6) is 2.46. The number of rotatable bonds is 7. The van der Waals surface area contributed by atoms with Crippen molar-refractivity contribution >= 4 is 5.97 Å². The van der Waals surface area contributed by atoms with Crippen LogP contribution in [0.4, 0.5) is 0 Å². The van der Waals surface area contributed by atoms with Gasteiger partial charge in [0.15, 0.2) is 0 Å². The maximum atomic E-state index is 11.4. The second kappa shape index (κ2) is 8.91. The third kappa shape index (κ3) is 5.02. The second-order valence-corrected chi connectivity index (χ2v) is 8.54. The quantitative estimate of drug-likeness (QED) is 0.649. The number of methoxy groups -OCH3 is 1. The van der Waals surface area contributed by atoms with Gasteiger partial charge in [0.05, 0.1) is 13.5 Å². The predicted octanol–water partition coefficient (Wildman–Crippen LogP) is 4.81. The highest BCUT2D eigenvalue weighted by Gasteiger charge is 2.39. The first-order valence-corrected chi connectivity index (χ1v) is 10.6. The lowest BCUT2D eigenvalue weighted by atomic mass is 9.90. The van der Waals surface area contributed by atoms with Gasteiger partial charge in [-0.2, -0.15) is 0 Å². The number of likely N-dealkylation sites (tertiary alicyclic amines) is 1. The molecule has 0 bridgehead atoms. The van der Waals surface area contributed by atoms with Crippen LogP contribution >= 0.6 is 0 Å². The van der Waals surface area contributed by atoms with Crippen molar-refractivity contribution in [2.45, 2.75) is 44.6 Å². The topological polar surface area (TPSA) is 29.5 Å². The number of hydrogen-bond donors (Lipinski definition) is 0. The highest BCUT2D eigenvalue weighted by molar-refractivity contribution is 5.72. The van der Waals surface area contributed by atoms with Crippen molar-refractivity contribution in [3.8, 4) is 0 Å². The lowest BCUT2D eigenvalue weighted by Crippen LogP contribution is -2.33. The number of esters is 1. The van der Waals surface area contributed by atoms with E-state index >= 15 is 0 Å². The molecule has 0 unspecified atom stereocenters. The van der Waals surface area contributed by atoms with Crippen molar-refractivity contribution in [2.75, 3.05) is 20.2 Å². The number of carbonyl (C=O) groups excluding carboxylic acids is 1. The van der Waals surface area contributed by atoms with Crippen molar-refractivity contribution in [2.24, 2.45) is 11.8 Å². The van der Waals surface area contributed by atoms with Crippen molar-refractivity contribution in [3.05, 3.63) is 71.3 Å². The molecule has 0 radical (unpaired) electrons. The average Bonchev–Trinajstić information content (AvgIpc) is 3.50. The fraction of sp³-hybridized carbons (Fsp3) is 0.480. The molecule has 1 aliphatic heterocycles. The van der Waals surface area contributed by atoms with Gasteiger partial charge in [-0.05, 0) is 73.2 Å². The van der Waals surface area contributed by atoms with Crippen LogP contribution in [0.15, 0.2) is 54.6 Å². The van der Waals surface area contributed by atoms with E-state index in [9.17, 15) is 4.79 Å². The molecule has 2 aromatic rings. The molecular formula is C25H31NO2. The Kier molecular flexibility index (Phi) is 6.11. The van der Waals surface area contributed by atoms with E-state index in [1.165, 1.54) is 51.4 Å². The maximum absolute atomic E-state index is 11.4. The van der Waals surface area contributed by atoms with Gasteiger partial charge in [0.1, 0.15) is 0 Å².